The molecule has 0 spiro atoms. The summed E-state index contributed by atoms with van der Waals surface area (Å²) in [6.45, 7) is 2.56. The lowest BCUT2D eigenvalue weighted by Crippen LogP contribution is -2.23. The second-order valence-electron chi connectivity index (χ2n) is 5.86. The number of thiazole rings is 1. The molecule has 0 radical (unpaired) electrons. The highest BCUT2D eigenvalue weighted by molar-refractivity contribution is 7.92. The Kier molecular flexibility index (Phi) is 5.56. The lowest BCUT2D eigenvalue weighted by Gasteiger charge is -2.18. The van der Waals surface area contributed by atoms with Gasteiger partial charge in [-0.25, -0.2) is 0 Å². The number of halogens is 1. The van der Waals surface area contributed by atoms with Gasteiger partial charge in [0.05, 0.1) is 21.2 Å². The topological polar surface area (TPSA) is 96.2 Å². The Morgan fingerprint density at radius 2 is 1.97 bits per heavy atom. The fraction of sp³-hybridized carbons (Fsp3) is 0.294. The quantitative estimate of drug-likeness (QED) is 0.527. The van der Waals surface area contributed by atoms with E-state index in [1.54, 1.807) is 19.1 Å². The third-order valence-corrected chi connectivity index (χ3v) is 8.06. The third kappa shape index (κ3) is 4.13. The van der Waals surface area contributed by atoms with Crippen LogP contribution >= 0.6 is 34.3 Å². The van der Waals surface area contributed by atoms with E-state index in [1.807, 2.05) is 0 Å². The van der Waals surface area contributed by atoms with Gasteiger partial charge in [0, 0.05) is 12.1 Å². The van der Waals surface area contributed by atoms with Gasteiger partial charge in [-0.3, -0.25) is 4.79 Å². The van der Waals surface area contributed by atoms with Crippen LogP contribution in [0.3, 0.4) is 0 Å². The van der Waals surface area contributed by atoms with E-state index in [0.29, 0.717) is 39.3 Å². The first-order valence-electron chi connectivity index (χ1n) is 8.52. The SMILES string of the molecule is CCOC(=O)Cn1/c(=N/S(=O)(=O)c2ccc(Cl)s2)sc2cc3c(cc21)OCCO3. The number of hydrogen-bond acceptors (Lipinski definition) is 8. The van der Waals surface area contributed by atoms with Gasteiger partial charge < -0.3 is 18.8 Å². The Balaban J connectivity index is 1.90. The molecule has 0 N–H and O–H groups in total. The van der Waals surface area contributed by atoms with Gasteiger partial charge >= 0.3 is 5.97 Å². The highest BCUT2D eigenvalue weighted by Gasteiger charge is 2.21. The normalized spacial score (nSPS) is 14.3. The van der Waals surface area contributed by atoms with Crippen LogP contribution in [0.15, 0.2) is 32.9 Å². The zero-order valence-corrected chi connectivity index (χ0v) is 18.3. The van der Waals surface area contributed by atoms with Gasteiger partial charge in [0.2, 0.25) is 4.80 Å². The number of sulfonamides is 1. The highest BCUT2D eigenvalue weighted by atomic mass is 35.5. The number of hydrogen-bond donors (Lipinski definition) is 0. The second-order valence-corrected chi connectivity index (χ2v) is 10.4. The first-order chi connectivity index (χ1) is 13.9. The van der Waals surface area contributed by atoms with E-state index in [1.165, 1.54) is 16.7 Å². The summed E-state index contributed by atoms with van der Waals surface area (Å²) in [5.74, 6) is 0.589. The van der Waals surface area contributed by atoms with Crippen LogP contribution in [0.4, 0.5) is 0 Å². The summed E-state index contributed by atoms with van der Waals surface area (Å²) in [4.78, 5) is 12.3. The maximum absolute atomic E-state index is 12.7. The predicted molar refractivity (Wildman–Crippen MR) is 110 cm³/mol. The summed E-state index contributed by atoms with van der Waals surface area (Å²) in [6.07, 6.45) is 0. The Morgan fingerprint density at radius 3 is 2.62 bits per heavy atom. The van der Waals surface area contributed by atoms with Crippen LogP contribution in [0.2, 0.25) is 4.34 Å². The smallest absolute Gasteiger partial charge is 0.326 e. The Labute approximate surface area is 179 Å². The molecular weight excluding hydrogens is 460 g/mol. The van der Waals surface area contributed by atoms with E-state index in [-0.39, 0.29) is 22.2 Å². The van der Waals surface area contributed by atoms with E-state index in [4.69, 9.17) is 25.8 Å². The number of aromatic nitrogens is 1. The molecular formula is C17H15ClN2O6S3. The maximum Gasteiger partial charge on any atom is 0.326 e. The number of thiophene rings is 1. The van der Waals surface area contributed by atoms with Gasteiger partial charge in [-0.05, 0) is 19.1 Å². The van der Waals surface area contributed by atoms with Crippen LogP contribution in [0, 0.1) is 0 Å². The molecule has 4 rings (SSSR count). The van der Waals surface area contributed by atoms with Crippen LogP contribution in [-0.4, -0.2) is 38.8 Å². The molecule has 1 aromatic carbocycles. The van der Waals surface area contributed by atoms with Crippen LogP contribution < -0.4 is 14.3 Å². The van der Waals surface area contributed by atoms with Gasteiger partial charge in [0.1, 0.15) is 24.0 Å². The molecule has 0 atom stereocenters. The number of rotatable bonds is 5. The Morgan fingerprint density at radius 1 is 1.24 bits per heavy atom. The maximum atomic E-state index is 12.7. The zero-order chi connectivity index (χ0) is 20.6. The van der Waals surface area contributed by atoms with Crippen molar-refractivity contribution in [1.82, 2.24) is 4.57 Å². The van der Waals surface area contributed by atoms with Crippen LogP contribution in [0.1, 0.15) is 6.92 Å². The minimum absolute atomic E-state index is 0.0219. The average molecular weight is 475 g/mol. The van der Waals surface area contributed by atoms with E-state index in [0.717, 1.165) is 22.7 Å². The molecule has 0 fully saturated rings. The minimum atomic E-state index is -4.00. The molecule has 1 aliphatic heterocycles. The van der Waals surface area contributed by atoms with Crippen LogP contribution in [-0.2, 0) is 26.1 Å². The first kappa shape index (κ1) is 20.2. The molecule has 8 nitrogen and oxygen atoms in total. The highest BCUT2D eigenvalue weighted by Crippen LogP contribution is 2.36. The second kappa shape index (κ2) is 7.98. The van der Waals surface area contributed by atoms with Crippen molar-refractivity contribution in [1.29, 1.82) is 0 Å². The summed E-state index contributed by atoms with van der Waals surface area (Å²) >= 11 is 7.91. The van der Waals surface area contributed by atoms with Crippen molar-refractivity contribution in [3.05, 3.63) is 33.4 Å². The summed E-state index contributed by atoms with van der Waals surface area (Å²) in [7, 11) is -4.00. The van der Waals surface area contributed by atoms with Crippen molar-refractivity contribution in [3.8, 4) is 11.5 Å². The van der Waals surface area contributed by atoms with Crippen molar-refractivity contribution in [2.75, 3.05) is 19.8 Å². The molecule has 0 saturated carbocycles. The molecule has 1 aliphatic rings. The zero-order valence-electron chi connectivity index (χ0n) is 15.1. The average Bonchev–Trinajstić information content (AvgIpc) is 3.24. The number of carbonyl (C=O) groups excluding carboxylic acids is 1. The predicted octanol–water partition coefficient (Wildman–Crippen LogP) is 3.04. The minimum Gasteiger partial charge on any atom is -0.486 e. The van der Waals surface area contributed by atoms with E-state index >= 15 is 0 Å². The number of nitrogens with zero attached hydrogens (tertiary/aromatic N) is 2. The molecule has 2 aromatic heterocycles. The van der Waals surface area contributed by atoms with Gasteiger partial charge in [-0.1, -0.05) is 22.9 Å². The number of benzene rings is 1. The molecule has 0 saturated heterocycles. The first-order valence-corrected chi connectivity index (χ1v) is 12.0. The number of ether oxygens (including phenoxy) is 3. The van der Waals surface area contributed by atoms with Gasteiger partial charge in [-0.2, -0.15) is 8.42 Å². The summed E-state index contributed by atoms with van der Waals surface area (Å²) in [5.41, 5.74) is 0.602. The van der Waals surface area contributed by atoms with Gasteiger partial charge in [0.25, 0.3) is 10.0 Å². The van der Waals surface area contributed by atoms with Crippen molar-refractivity contribution >= 4 is 60.5 Å². The summed E-state index contributed by atoms with van der Waals surface area (Å²) in [6, 6.07) is 6.36. The number of carbonyl (C=O) groups is 1. The molecule has 0 aliphatic carbocycles. The largest absolute Gasteiger partial charge is 0.486 e. The molecule has 12 heteroatoms. The van der Waals surface area contributed by atoms with Crippen LogP contribution in [0.5, 0.6) is 11.5 Å². The molecule has 0 unspecified atom stereocenters. The standard InChI is InChI=1S/C17H15ClN2O6S3/c1-2-24-15(21)9-20-10-7-11-12(26-6-5-25-11)8-13(10)27-17(20)19-29(22,23)16-4-3-14(18)28-16/h3-4,7-8H,2,5-6,9H2,1H3/b19-17-. The van der Waals surface area contributed by atoms with E-state index in [9.17, 15) is 13.2 Å². The van der Waals surface area contributed by atoms with Crippen molar-refractivity contribution < 1.29 is 27.4 Å². The molecule has 0 bridgehead atoms. The fourth-order valence-electron chi connectivity index (χ4n) is 2.75. The van der Waals surface area contributed by atoms with Crippen molar-refractivity contribution in [2.24, 2.45) is 4.40 Å². The summed E-state index contributed by atoms with van der Waals surface area (Å²) in [5, 5.41) is 0. The fourth-order valence-corrected chi connectivity index (χ4v) is 6.45. The van der Waals surface area contributed by atoms with E-state index in [2.05, 4.69) is 4.40 Å². The molecule has 3 heterocycles. The number of esters is 1. The molecule has 29 heavy (non-hydrogen) atoms. The lowest BCUT2D eigenvalue weighted by atomic mass is 10.2. The van der Waals surface area contributed by atoms with Crippen molar-refractivity contribution in [3.63, 3.8) is 0 Å². The third-order valence-electron chi connectivity index (χ3n) is 3.94. The Hall–Kier alpha value is -2.08. The van der Waals surface area contributed by atoms with Gasteiger partial charge in [0.15, 0.2) is 11.5 Å². The molecule has 154 valence electrons. The lowest BCUT2D eigenvalue weighted by molar-refractivity contribution is -0.143. The number of fused-ring (bicyclic) bond motifs is 2. The van der Waals surface area contributed by atoms with Crippen molar-refractivity contribution in [2.45, 2.75) is 17.7 Å². The monoisotopic (exact) mass is 474 g/mol. The summed E-state index contributed by atoms with van der Waals surface area (Å²) < 4.78 is 48.2. The molecule has 0 amide bonds. The van der Waals surface area contributed by atoms with Crippen LogP contribution in [0.25, 0.3) is 10.2 Å². The molecule has 3 aromatic rings. The Bertz CT molecular complexity index is 1260. The van der Waals surface area contributed by atoms with Gasteiger partial charge in [-0.15, -0.1) is 15.7 Å². The van der Waals surface area contributed by atoms with E-state index < -0.39 is 16.0 Å².